The van der Waals surface area contributed by atoms with Crippen molar-refractivity contribution in [3.8, 4) is 0 Å². The van der Waals surface area contributed by atoms with Gasteiger partial charge in [0.25, 0.3) is 0 Å². The summed E-state index contributed by atoms with van der Waals surface area (Å²) in [6.45, 7) is 7.68. The smallest absolute Gasteiger partial charge is 0.161 e. The van der Waals surface area contributed by atoms with Crippen molar-refractivity contribution < 1.29 is 4.79 Å². The van der Waals surface area contributed by atoms with Gasteiger partial charge in [0.15, 0.2) is 5.78 Å². The van der Waals surface area contributed by atoms with E-state index < -0.39 is 0 Å². The van der Waals surface area contributed by atoms with Crippen molar-refractivity contribution in [1.82, 2.24) is 5.32 Å². The van der Waals surface area contributed by atoms with Gasteiger partial charge in [0.2, 0.25) is 0 Å². The minimum atomic E-state index is 0.359. The second-order valence-corrected chi connectivity index (χ2v) is 7.36. The molecule has 0 amide bonds. The third-order valence-electron chi connectivity index (χ3n) is 5.69. The number of carbonyl (C=O) groups excluding carboxylic acids is 1. The standard InChI is InChI=1S/C18H27NO/c1-12(19-10-9-13-7-5-4-6-8-13)16-15(20)11-14-17(16)18(14,2)3/h7,14,17,19H,4-6,8-11H2,1-3H3. The lowest BCUT2D eigenvalue weighted by Crippen LogP contribution is -2.19. The topological polar surface area (TPSA) is 29.1 Å². The van der Waals surface area contributed by atoms with E-state index in [9.17, 15) is 4.79 Å². The SMILES string of the molecule is CC(NCCC1=CCCCC1)=C1C(=O)CC2C1C2(C)C. The van der Waals surface area contributed by atoms with Gasteiger partial charge in [-0.25, -0.2) is 0 Å². The third-order valence-corrected chi connectivity index (χ3v) is 5.69. The molecule has 1 N–H and O–H groups in total. The number of fused-ring (bicyclic) bond motifs is 1. The number of carbonyl (C=O) groups is 1. The van der Waals surface area contributed by atoms with Crippen LogP contribution in [0.25, 0.3) is 0 Å². The highest BCUT2D eigenvalue weighted by atomic mass is 16.1. The molecule has 0 aromatic rings. The molecule has 2 heteroatoms. The summed E-state index contributed by atoms with van der Waals surface area (Å²) >= 11 is 0. The molecule has 0 aromatic heterocycles. The Hall–Kier alpha value is -1.05. The van der Waals surface area contributed by atoms with E-state index in [2.05, 4.69) is 32.2 Å². The normalized spacial score (nSPS) is 33.5. The Morgan fingerprint density at radius 1 is 1.40 bits per heavy atom. The lowest BCUT2D eigenvalue weighted by molar-refractivity contribution is -0.115. The van der Waals surface area contributed by atoms with Crippen LogP contribution in [0.15, 0.2) is 22.9 Å². The summed E-state index contributed by atoms with van der Waals surface area (Å²) in [7, 11) is 0. The fourth-order valence-corrected chi connectivity index (χ4v) is 4.26. The lowest BCUT2D eigenvalue weighted by Gasteiger charge is -2.16. The first-order valence-electron chi connectivity index (χ1n) is 8.17. The molecular weight excluding hydrogens is 246 g/mol. The first-order valence-corrected chi connectivity index (χ1v) is 8.17. The molecule has 0 aliphatic heterocycles. The van der Waals surface area contributed by atoms with E-state index in [1.54, 1.807) is 5.57 Å². The lowest BCUT2D eigenvalue weighted by atomic mass is 9.95. The third kappa shape index (κ3) is 2.34. The van der Waals surface area contributed by atoms with Crippen LogP contribution in [0, 0.1) is 17.3 Å². The summed E-state index contributed by atoms with van der Waals surface area (Å²) in [6.07, 6.45) is 9.55. The molecule has 110 valence electrons. The maximum absolute atomic E-state index is 12.1. The summed E-state index contributed by atoms with van der Waals surface area (Å²) in [5.41, 5.74) is 4.21. The molecule has 0 heterocycles. The monoisotopic (exact) mass is 273 g/mol. The highest BCUT2D eigenvalue weighted by Crippen LogP contribution is 2.68. The van der Waals surface area contributed by atoms with Gasteiger partial charge in [-0.1, -0.05) is 25.5 Å². The van der Waals surface area contributed by atoms with Gasteiger partial charge in [-0.2, -0.15) is 0 Å². The van der Waals surface area contributed by atoms with Crippen LogP contribution >= 0.6 is 0 Å². The Kier molecular flexibility index (Phi) is 3.51. The minimum absolute atomic E-state index is 0.359. The maximum atomic E-state index is 12.1. The van der Waals surface area contributed by atoms with Crippen molar-refractivity contribution >= 4 is 5.78 Å². The van der Waals surface area contributed by atoms with Crippen LogP contribution in [-0.4, -0.2) is 12.3 Å². The van der Waals surface area contributed by atoms with Crippen LogP contribution in [0.1, 0.15) is 59.3 Å². The van der Waals surface area contributed by atoms with E-state index in [-0.39, 0.29) is 0 Å². The second-order valence-electron chi connectivity index (χ2n) is 7.36. The van der Waals surface area contributed by atoms with E-state index in [1.165, 1.54) is 25.7 Å². The van der Waals surface area contributed by atoms with E-state index in [0.717, 1.165) is 30.7 Å². The average Bonchev–Trinajstić information content (AvgIpc) is 2.79. The Labute approximate surface area is 122 Å². The molecule has 2 unspecified atom stereocenters. The molecule has 0 saturated heterocycles. The molecule has 3 aliphatic rings. The average molecular weight is 273 g/mol. The van der Waals surface area contributed by atoms with Crippen LogP contribution < -0.4 is 5.32 Å². The van der Waals surface area contributed by atoms with Crippen molar-refractivity contribution in [3.05, 3.63) is 22.9 Å². The van der Waals surface area contributed by atoms with Gasteiger partial charge in [-0.3, -0.25) is 4.79 Å². The molecule has 0 aromatic carbocycles. The Balaban J connectivity index is 1.58. The summed E-state index contributed by atoms with van der Waals surface area (Å²) in [5, 5.41) is 3.52. The molecule has 0 radical (unpaired) electrons. The highest BCUT2D eigenvalue weighted by molar-refractivity contribution is 6.01. The molecule has 0 bridgehead atoms. The van der Waals surface area contributed by atoms with Crippen LogP contribution in [-0.2, 0) is 4.79 Å². The summed E-state index contributed by atoms with van der Waals surface area (Å²) in [5.74, 6) is 1.53. The Bertz CT molecular complexity index is 484. The van der Waals surface area contributed by atoms with E-state index >= 15 is 0 Å². The van der Waals surface area contributed by atoms with Gasteiger partial charge in [-0.05, 0) is 56.3 Å². The van der Waals surface area contributed by atoms with E-state index in [1.807, 2.05) is 0 Å². The minimum Gasteiger partial charge on any atom is -0.388 e. The van der Waals surface area contributed by atoms with Crippen LogP contribution in [0.4, 0.5) is 0 Å². The molecule has 2 nitrogen and oxygen atoms in total. The second kappa shape index (κ2) is 5.05. The maximum Gasteiger partial charge on any atom is 0.161 e. The molecular formula is C18H27NO. The molecule has 20 heavy (non-hydrogen) atoms. The Morgan fingerprint density at radius 2 is 2.20 bits per heavy atom. The highest BCUT2D eigenvalue weighted by Gasteiger charge is 2.65. The predicted molar refractivity (Wildman–Crippen MR) is 82.3 cm³/mol. The van der Waals surface area contributed by atoms with Gasteiger partial charge in [0.05, 0.1) is 0 Å². The number of nitrogens with one attached hydrogen (secondary N) is 1. The van der Waals surface area contributed by atoms with Gasteiger partial charge in [0.1, 0.15) is 0 Å². The number of ketones is 1. The summed E-state index contributed by atoms with van der Waals surface area (Å²) in [6, 6.07) is 0. The number of Topliss-reactive ketones (excluding diaryl/α,β-unsaturated/α-hetero) is 1. The molecule has 2 atom stereocenters. The summed E-state index contributed by atoms with van der Waals surface area (Å²) < 4.78 is 0. The predicted octanol–water partition coefficient (Wildman–Crippen LogP) is 3.99. The molecule has 2 fully saturated rings. The van der Waals surface area contributed by atoms with Gasteiger partial charge in [0, 0.05) is 24.2 Å². The fraction of sp³-hybridized carbons (Fsp3) is 0.722. The van der Waals surface area contributed by atoms with Crippen molar-refractivity contribution in [2.24, 2.45) is 17.3 Å². The van der Waals surface area contributed by atoms with Crippen molar-refractivity contribution in [2.45, 2.75) is 59.3 Å². The van der Waals surface area contributed by atoms with Crippen LogP contribution in [0.3, 0.4) is 0 Å². The first-order chi connectivity index (χ1) is 9.51. The van der Waals surface area contributed by atoms with Gasteiger partial charge in [-0.15, -0.1) is 0 Å². The van der Waals surface area contributed by atoms with Crippen molar-refractivity contribution in [2.75, 3.05) is 6.54 Å². The molecule has 2 saturated carbocycles. The van der Waals surface area contributed by atoms with Crippen LogP contribution in [0.2, 0.25) is 0 Å². The van der Waals surface area contributed by atoms with Crippen molar-refractivity contribution in [1.29, 1.82) is 0 Å². The molecule has 0 spiro atoms. The van der Waals surface area contributed by atoms with E-state index in [4.69, 9.17) is 0 Å². The number of rotatable bonds is 4. The zero-order chi connectivity index (χ0) is 14.3. The molecule has 3 aliphatic carbocycles. The Morgan fingerprint density at radius 3 is 2.85 bits per heavy atom. The number of hydrogen-bond donors (Lipinski definition) is 1. The van der Waals surface area contributed by atoms with Gasteiger partial charge >= 0.3 is 0 Å². The number of hydrogen-bond acceptors (Lipinski definition) is 2. The first kappa shape index (κ1) is 13.9. The fourth-order valence-electron chi connectivity index (χ4n) is 4.26. The van der Waals surface area contributed by atoms with Crippen LogP contribution in [0.5, 0.6) is 0 Å². The summed E-state index contributed by atoms with van der Waals surface area (Å²) in [4.78, 5) is 12.1. The zero-order valence-corrected chi connectivity index (χ0v) is 13.1. The quantitative estimate of drug-likeness (QED) is 0.620. The number of allylic oxidation sites excluding steroid dienone is 3. The largest absolute Gasteiger partial charge is 0.388 e. The zero-order valence-electron chi connectivity index (χ0n) is 13.1. The van der Waals surface area contributed by atoms with Crippen molar-refractivity contribution in [3.63, 3.8) is 0 Å². The van der Waals surface area contributed by atoms with Gasteiger partial charge < -0.3 is 5.32 Å². The van der Waals surface area contributed by atoms with E-state index in [0.29, 0.717) is 23.0 Å². The molecule has 3 rings (SSSR count).